The van der Waals surface area contributed by atoms with Gasteiger partial charge in [-0.1, -0.05) is 6.92 Å². The van der Waals surface area contributed by atoms with Crippen molar-refractivity contribution in [1.29, 1.82) is 0 Å². The standard InChI is InChI=1S/C18H22ClN3O2S/c1-10-3-14(4-13(10)8-23)22-18-15(7-20-9-21-18)17(24)16-5-12(6-19)11(2)25-16/h5,7,9-10,13-14,23H,3-4,6,8H2,1-2H3,(H,20,21,22)/t10-,13+,14-/m0/s1. The van der Waals surface area contributed by atoms with Crippen LogP contribution in [0.5, 0.6) is 0 Å². The number of ketones is 1. The van der Waals surface area contributed by atoms with Gasteiger partial charge in [-0.15, -0.1) is 22.9 Å². The van der Waals surface area contributed by atoms with Crippen molar-refractivity contribution in [2.45, 2.75) is 38.6 Å². The zero-order valence-corrected chi connectivity index (χ0v) is 15.9. The number of alkyl halides is 1. The van der Waals surface area contributed by atoms with E-state index in [1.165, 1.54) is 17.7 Å². The summed E-state index contributed by atoms with van der Waals surface area (Å²) in [7, 11) is 0. The Labute approximate surface area is 156 Å². The lowest BCUT2D eigenvalue weighted by atomic mass is 10.00. The Kier molecular flexibility index (Phi) is 5.71. The summed E-state index contributed by atoms with van der Waals surface area (Å²) in [5, 5.41) is 12.8. The Balaban J connectivity index is 1.82. The number of carbonyl (C=O) groups is 1. The lowest BCUT2D eigenvalue weighted by molar-refractivity contribution is 0.104. The summed E-state index contributed by atoms with van der Waals surface area (Å²) >= 11 is 7.37. The van der Waals surface area contributed by atoms with Gasteiger partial charge in [0.25, 0.3) is 0 Å². The van der Waals surface area contributed by atoms with Crippen LogP contribution in [0.3, 0.4) is 0 Å². The maximum Gasteiger partial charge on any atom is 0.208 e. The smallest absolute Gasteiger partial charge is 0.208 e. The highest BCUT2D eigenvalue weighted by molar-refractivity contribution is 7.14. The van der Waals surface area contributed by atoms with Crippen LogP contribution in [-0.4, -0.2) is 33.5 Å². The molecule has 0 saturated heterocycles. The number of anilines is 1. The fourth-order valence-corrected chi connectivity index (χ4v) is 4.76. The number of nitrogens with zero attached hydrogens (tertiary/aromatic N) is 2. The van der Waals surface area contributed by atoms with Gasteiger partial charge in [0.15, 0.2) is 0 Å². The molecule has 0 bridgehead atoms. The third kappa shape index (κ3) is 3.86. The second kappa shape index (κ2) is 7.81. The molecule has 0 aromatic carbocycles. The van der Waals surface area contributed by atoms with E-state index in [0.717, 1.165) is 23.3 Å². The predicted molar refractivity (Wildman–Crippen MR) is 100 cm³/mol. The van der Waals surface area contributed by atoms with E-state index in [1.807, 2.05) is 13.0 Å². The summed E-state index contributed by atoms with van der Waals surface area (Å²) in [5.74, 6) is 1.63. The van der Waals surface area contributed by atoms with E-state index < -0.39 is 0 Å². The van der Waals surface area contributed by atoms with Crippen molar-refractivity contribution >= 4 is 34.5 Å². The molecule has 25 heavy (non-hydrogen) atoms. The van der Waals surface area contributed by atoms with E-state index in [-0.39, 0.29) is 18.4 Å². The average Bonchev–Trinajstić information content (AvgIpc) is 3.16. The molecule has 1 aliphatic rings. The third-order valence-electron chi connectivity index (χ3n) is 4.97. The average molecular weight is 380 g/mol. The van der Waals surface area contributed by atoms with Gasteiger partial charge < -0.3 is 10.4 Å². The first-order valence-electron chi connectivity index (χ1n) is 8.40. The Morgan fingerprint density at radius 2 is 2.28 bits per heavy atom. The van der Waals surface area contributed by atoms with Crippen molar-refractivity contribution in [2.24, 2.45) is 11.8 Å². The van der Waals surface area contributed by atoms with Gasteiger partial charge in [0.1, 0.15) is 12.1 Å². The van der Waals surface area contributed by atoms with E-state index in [9.17, 15) is 9.90 Å². The Morgan fingerprint density at radius 1 is 1.48 bits per heavy atom. The first-order chi connectivity index (χ1) is 12.0. The van der Waals surface area contributed by atoms with Crippen molar-refractivity contribution < 1.29 is 9.90 Å². The molecule has 5 nitrogen and oxygen atoms in total. The van der Waals surface area contributed by atoms with Crippen LogP contribution < -0.4 is 5.32 Å². The molecule has 3 rings (SSSR count). The molecule has 0 spiro atoms. The Morgan fingerprint density at radius 3 is 2.92 bits per heavy atom. The minimum Gasteiger partial charge on any atom is -0.396 e. The molecule has 1 fully saturated rings. The molecule has 0 unspecified atom stereocenters. The zero-order chi connectivity index (χ0) is 18.0. The number of aliphatic hydroxyl groups is 1. The number of aromatic nitrogens is 2. The van der Waals surface area contributed by atoms with Crippen molar-refractivity contribution in [2.75, 3.05) is 11.9 Å². The highest BCUT2D eigenvalue weighted by atomic mass is 35.5. The number of rotatable bonds is 6. The number of carbonyl (C=O) groups excluding carboxylic acids is 1. The first kappa shape index (κ1) is 18.3. The monoisotopic (exact) mass is 379 g/mol. The maximum atomic E-state index is 12.9. The third-order valence-corrected chi connectivity index (χ3v) is 6.35. The molecule has 2 aromatic rings. The lowest BCUT2D eigenvalue weighted by Gasteiger charge is -2.15. The molecule has 3 atom stereocenters. The summed E-state index contributed by atoms with van der Waals surface area (Å²) in [5.41, 5.74) is 1.46. The number of nitrogens with one attached hydrogen (secondary N) is 1. The molecule has 7 heteroatoms. The van der Waals surface area contributed by atoms with E-state index in [0.29, 0.717) is 34.0 Å². The molecular weight excluding hydrogens is 358 g/mol. The number of hydrogen-bond acceptors (Lipinski definition) is 6. The van der Waals surface area contributed by atoms with Crippen LogP contribution in [-0.2, 0) is 5.88 Å². The molecule has 0 aliphatic heterocycles. The van der Waals surface area contributed by atoms with Gasteiger partial charge in [0.05, 0.1) is 10.4 Å². The maximum absolute atomic E-state index is 12.9. The van der Waals surface area contributed by atoms with Gasteiger partial charge in [0, 0.05) is 29.6 Å². The summed E-state index contributed by atoms with van der Waals surface area (Å²) < 4.78 is 0. The molecule has 134 valence electrons. The minimum absolute atomic E-state index is 0.0858. The molecule has 0 amide bonds. The van der Waals surface area contributed by atoms with Gasteiger partial charge in [-0.2, -0.15) is 0 Å². The van der Waals surface area contributed by atoms with Crippen LogP contribution in [0.15, 0.2) is 18.6 Å². The summed E-state index contributed by atoms with van der Waals surface area (Å²) in [6, 6.07) is 2.06. The summed E-state index contributed by atoms with van der Waals surface area (Å²) in [6.45, 7) is 4.32. The van der Waals surface area contributed by atoms with Crippen molar-refractivity contribution in [1.82, 2.24) is 9.97 Å². The second-order valence-corrected chi connectivity index (χ2v) is 8.20. The van der Waals surface area contributed by atoms with Crippen molar-refractivity contribution in [3.63, 3.8) is 0 Å². The molecular formula is C18H22ClN3O2S. The molecule has 1 saturated carbocycles. The summed E-state index contributed by atoms with van der Waals surface area (Å²) in [6.07, 6.45) is 4.85. The number of hydrogen-bond donors (Lipinski definition) is 2. The normalized spacial score (nSPS) is 23.0. The molecule has 2 N–H and O–H groups in total. The molecule has 2 aromatic heterocycles. The number of halogens is 1. The SMILES string of the molecule is Cc1sc(C(=O)c2cncnc2N[C@@H]2C[C@H](CO)[C@@H](C)C2)cc1CCl. The number of aliphatic hydroxyl groups excluding tert-OH is 1. The highest BCUT2D eigenvalue weighted by Crippen LogP contribution is 2.34. The quantitative estimate of drug-likeness (QED) is 0.592. The van der Waals surface area contributed by atoms with Crippen LogP contribution in [0, 0.1) is 18.8 Å². The van der Waals surface area contributed by atoms with Crippen LogP contribution in [0.25, 0.3) is 0 Å². The van der Waals surface area contributed by atoms with Crippen LogP contribution in [0.2, 0.25) is 0 Å². The van der Waals surface area contributed by atoms with E-state index in [1.54, 1.807) is 6.20 Å². The van der Waals surface area contributed by atoms with Crippen LogP contribution in [0.1, 0.15) is 45.4 Å². The fraction of sp³-hybridized carbons (Fsp3) is 0.500. The molecule has 1 aliphatic carbocycles. The van der Waals surface area contributed by atoms with Gasteiger partial charge >= 0.3 is 0 Å². The van der Waals surface area contributed by atoms with Crippen LogP contribution >= 0.6 is 22.9 Å². The van der Waals surface area contributed by atoms with Crippen LogP contribution in [0.4, 0.5) is 5.82 Å². The zero-order valence-electron chi connectivity index (χ0n) is 14.3. The highest BCUT2D eigenvalue weighted by Gasteiger charge is 2.31. The lowest BCUT2D eigenvalue weighted by Crippen LogP contribution is -2.19. The largest absolute Gasteiger partial charge is 0.396 e. The van der Waals surface area contributed by atoms with E-state index in [2.05, 4.69) is 22.2 Å². The van der Waals surface area contributed by atoms with Crippen molar-refractivity contribution in [3.8, 4) is 0 Å². The number of thiophene rings is 1. The van der Waals surface area contributed by atoms with Crippen molar-refractivity contribution in [3.05, 3.63) is 39.5 Å². The molecule has 2 heterocycles. The van der Waals surface area contributed by atoms with E-state index >= 15 is 0 Å². The predicted octanol–water partition coefficient (Wildman–Crippen LogP) is 3.64. The Hall–Kier alpha value is -1.50. The van der Waals surface area contributed by atoms with Gasteiger partial charge in [-0.3, -0.25) is 4.79 Å². The van der Waals surface area contributed by atoms with Gasteiger partial charge in [-0.05, 0) is 43.2 Å². The first-order valence-corrected chi connectivity index (χ1v) is 9.76. The fourth-order valence-electron chi connectivity index (χ4n) is 3.41. The van der Waals surface area contributed by atoms with Gasteiger partial charge in [-0.25, -0.2) is 9.97 Å². The summed E-state index contributed by atoms with van der Waals surface area (Å²) in [4.78, 5) is 22.9. The Bertz CT molecular complexity index is 765. The minimum atomic E-state index is -0.0858. The topological polar surface area (TPSA) is 75.1 Å². The second-order valence-electron chi connectivity index (χ2n) is 6.67. The molecule has 0 radical (unpaired) electrons. The number of aryl methyl sites for hydroxylation is 1. The van der Waals surface area contributed by atoms with E-state index in [4.69, 9.17) is 11.6 Å². The van der Waals surface area contributed by atoms with Gasteiger partial charge in [0.2, 0.25) is 5.78 Å².